The van der Waals surface area contributed by atoms with Gasteiger partial charge in [0, 0.05) is 0 Å². The van der Waals surface area contributed by atoms with E-state index in [2.05, 4.69) is 69.8 Å². The molecule has 0 aromatic heterocycles. The van der Waals surface area contributed by atoms with Gasteiger partial charge >= 0.3 is 0 Å². The van der Waals surface area contributed by atoms with Gasteiger partial charge in [-0.25, -0.2) is 0 Å². The van der Waals surface area contributed by atoms with E-state index in [9.17, 15) is 0 Å². The Morgan fingerprint density at radius 1 is 0.333 bits per heavy atom. The van der Waals surface area contributed by atoms with Crippen molar-refractivity contribution in [3.8, 4) is 23.0 Å². The molecule has 0 N–H and O–H groups in total. The highest BCUT2D eigenvalue weighted by Gasteiger charge is 2.19. The molecular weight excluding hydrogens is 817 g/mol. The number of piperidine rings is 4. The molecule has 2 aromatic carbocycles. The van der Waals surface area contributed by atoms with E-state index in [1.165, 1.54) is 218 Å². The molecule has 0 unspecified atom stereocenters. The van der Waals surface area contributed by atoms with Gasteiger partial charge in [-0.05, 0) is 267 Å². The van der Waals surface area contributed by atoms with E-state index in [4.69, 9.17) is 18.9 Å². The molecule has 2 atom stereocenters. The number of likely N-dealkylation sites (tertiary alicyclic amines) is 4. The Bertz CT molecular complexity index is 1420. The van der Waals surface area contributed by atoms with E-state index < -0.39 is 0 Å². The van der Waals surface area contributed by atoms with E-state index in [1.807, 2.05) is 0 Å². The fourth-order valence-corrected chi connectivity index (χ4v) is 10.9. The van der Waals surface area contributed by atoms with E-state index in [-0.39, 0.29) is 0 Å². The molecular formula is C58H98N4O4. The summed E-state index contributed by atoms with van der Waals surface area (Å²) in [5.74, 6) is 4.70. The standard InChI is InChI=1S/C58H98N4O4/c1-51(47-53-27-29-55(63-43-23-7-19-39-59-31-11-3-12-32-59)57(49-53)65-45-25-9-21-41-61-35-15-5-16-36-61)52(2)48-54-28-30-56(64-44-24-8-20-40-60-33-13-4-14-34-60)58(50-54)66-46-26-10-22-42-62-37-17-6-18-38-62/h27-30,49-52H,3-26,31-48H2,1-2H3/t51-,52+. The molecule has 6 rings (SSSR count). The molecule has 4 aliphatic rings. The smallest absolute Gasteiger partial charge is 0.161 e. The van der Waals surface area contributed by atoms with E-state index in [0.717, 1.165) is 88.0 Å². The fourth-order valence-electron chi connectivity index (χ4n) is 10.9. The monoisotopic (exact) mass is 915 g/mol. The average molecular weight is 915 g/mol. The summed E-state index contributed by atoms with van der Waals surface area (Å²) in [7, 11) is 0. The third-order valence-electron chi connectivity index (χ3n) is 15.4. The summed E-state index contributed by atoms with van der Waals surface area (Å²) in [5.41, 5.74) is 2.68. The van der Waals surface area contributed by atoms with Gasteiger partial charge in [0.05, 0.1) is 26.4 Å². The molecule has 0 bridgehead atoms. The zero-order valence-corrected chi connectivity index (χ0v) is 42.7. The van der Waals surface area contributed by atoms with Crippen molar-refractivity contribution in [1.29, 1.82) is 0 Å². The Morgan fingerprint density at radius 2 is 0.606 bits per heavy atom. The van der Waals surface area contributed by atoms with Gasteiger partial charge in [-0.1, -0.05) is 51.7 Å². The quantitative estimate of drug-likeness (QED) is 0.0657. The largest absolute Gasteiger partial charge is 0.490 e. The zero-order chi connectivity index (χ0) is 45.7. The summed E-state index contributed by atoms with van der Waals surface area (Å²) in [6.07, 6.45) is 32.9. The van der Waals surface area contributed by atoms with Crippen LogP contribution in [0.1, 0.15) is 179 Å². The SMILES string of the molecule is C[C@H](Cc1ccc(OCCCCCN2CCCCC2)c(OCCCCCN2CCCCC2)c1)[C@@H](C)Cc1ccc(OCCCCCN2CCCCC2)c(OCCCCCN2CCCCC2)c1. The van der Waals surface area contributed by atoms with Gasteiger partial charge in [-0.3, -0.25) is 0 Å². The first kappa shape index (κ1) is 52.8. The van der Waals surface area contributed by atoms with E-state index in [0.29, 0.717) is 11.8 Å². The summed E-state index contributed by atoms with van der Waals surface area (Å²) in [5, 5.41) is 0. The first-order valence-electron chi connectivity index (χ1n) is 28.3. The second-order valence-corrected chi connectivity index (χ2v) is 21.2. The number of hydrogen-bond acceptors (Lipinski definition) is 8. The normalized spacial score (nSPS) is 19.1. The van der Waals surface area contributed by atoms with Crippen LogP contribution < -0.4 is 18.9 Å². The average Bonchev–Trinajstić information content (AvgIpc) is 3.35. The first-order chi connectivity index (χ1) is 32.6. The molecule has 0 radical (unpaired) electrons. The molecule has 0 saturated carbocycles. The van der Waals surface area contributed by atoms with Crippen LogP contribution in [0.3, 0.4) is 0 Å². The summed E-state index contributed by atoms with van der Waals surface area (Å²) in [6, 6.07) is 13.5. The molecule has 66 heavy (non-hydrogen) atoms. The van der Waals surface area contributed by atoms with Crippen LogP contribution in [0.2, 0.25) is 0 Å². The maximum atomic E-state index is 6.57. The number of nitrogens with zero attached hydrogens (tertiary/aromatic N) is 4. The Kier molecular flexibility index (Phi) is 25.9. The highest BCUT2D eigenvalue weighted by atomic mass is 16.5. The lowest BCUT2D eigenvalue weighted by Crippen LogP contribution is -2.30. The van der Waals surface area contributed by atoms with Crippen molar-refractivity contribution in [2.45, 2.75) is 181 Å². The lowest BCUT2D eigenvalue weighted by atomic mass is 9.85. The minimum atomic E-state index is 0.504. The number of ether oxygens (including phenoxy) is 4. The highest BCUT2D eigenvalue weighted by molar-refractivity contribution is 5.44. The summed E-state index contributed by atoms with van der Waals surface area (Å²) in [4.78, 5) is 10.6. The van der Waals surface area contributed by atoms with Crippen LogP contribution in [-0.4, -0.2) is 125 Å². The fraction of sp³-hybridized carbons (Fsp3) is 0.793. The lowest BCUT2D eigenvalue weighted by molar-refractivity contribution is 0.217. The molecule has 0 spiro atoms. The third-order valence-corrected chi connectivity index (χ3v) is 15.4. The number of benzene rings is 2. The number of hydrogen-bond donors (Lipinski definition) is 0. The molecule has 374 valence electrons. The van der Waals surface area contributed by atoms with Crippen LogP contribution >= 0.6 is 0 Å². The molecule has 4 fully saturated rings. The first-order valence-corrected chi connectivity index (χ1v) is 28.3. The molecule has 0 amide bonds. The maximum absolute atomic E-state index is 6.57. The van der Waals surface area contributed by atoms with Crippen molar-refractivity contribution in [1.82, 2.24) is 19.6 Å². The van der Waals surface area contributed by atoms with Crippen molar-refractivity contribution in [2.24, 2.45) is 11.8 Å². The van der Waals surface area contributed by atoms with Crippen molar-refractivity contribution >= 4 is 0 Å². The van der Waals surface area contributed by atoms with Gasteiger partial charge in [0.1, 0.15) is 0 Å². The highest BCUT2D eigenvalue weighted by Crippen LogP contribution is 2.34. The predicted octanol–water partition coefficient (Wildman–Crippen LogP) is 12.9. The lowest BCUT2D eigenvalue weighted by Gasteiger charge is -2.26. The molecule has 8 nitrogen and oxygen atoms in total. The van der Waals surface area contributed by atoms with Crippen molar-refractivity contribution in [2.75, 3.05) is 105 Å². The van der Waals surface area contributed by atoms with Gasteiger partial charge < -0.3 is 38.5 Å². The number of rotatable bonds is 33. The van der Waals surface area contributed by atoms with E-state index >= 15 is 0 Å². The van der Waals surface area contributed by atoms with Crippen LogP contribution in [0, 0.1) is 11.8 Å². The summed E-state index contributed by atoms with van der Waals surface area (Å²) in [6.45, 7) is 23.1. The Balaban J connectivity index is 0.982. The Hall–Kier alpha value is -2.52. The van der Waals surface area contributed by atoms with E-state index in [1.54, 1.807) is 0 Å². The minimum Gasteiger partial charge on any atom is -0.490 e. The summed E-state index contributed by atoms with van der Waals surface area (Å²) >= 11 is 0. The number of unbranched alkanes of at least 4 members (excludes halogenated alkanes) is 8. The second kappa shape index (κ2) is 32.3. The van der Waals surface area contributed by atoms with Gasteiger partial charge in [0.15, 0.2) is 23.0 Å². The van der Waals surface area contributed by atoms with Gasteiger partial charge in [-0.2, -0.15) is 0 Å². The van der Waals surface area contributed by atoms with Crippen LogP contribution in [0.15, 0.2) is 36.4 Å². The Morgan fingerprint density at radius 3 is 0.894 bits per heavy atom. The van der Waals surface area contributed by atoms with Gasteiger partial charge in [0.2, 0.25) is 0 Å². The molecule has 4 heterocycles. The van der Waals surface area contributed by atoms with Crippen molar-refractivity contribution in [3.05, 3.63) is 47.5 Å². The van der Waals surface area contributed by atoms with Gasteiger partial charge in [0.25, 0.3) is 0 Å². The zero-order valence-electron chi connectivity index (χ0n) is 42.7. The molecule has 4 aliphatic heterocycles. The third kappa shape index (κ3) is 21.0. The van der Waals surface area contributed by atoms with Crippen LogP contribution in [0.5, 0.6) is 23.0 Å². The van der Waals surface area contributed by atoms with Crippen LogP contribution in [0.25, 0.3) is 0 Å². The minimum absolute atomic E-state index is 0.504. The maximum Gasteiger partial charge on any atom is 0.161 e. The van der Waals surface area contributed by atoms with Crippen LogP contribution in [0.4, 0.5) is 0 Å². The van der Waals surface area contributed by atoms with Crippen LogP contribution in [-0.2, 0) is 12.8 Å². The Labute approximate surface area is 405 Å². The molecule has 2 aromatic rings. The van der Waals surface area contributed by atoms with Gasteiger partial charge in [-0.15, -0.1) is 0 Å². The molecule has 4 saturated heterocycles. The summed E-state index contributed by atoms with van der Waals surface area (Å²) < 4.78 is 26.1. The second-order valence-electron chi connectivity index (χ2n) is 21.2. The van der Waals surface area contributed by atoms with Crippen molar-refractivity contribution < 1.29 is 18.9 Å². The molecule has 0 aliphatic carbocycles. The topological polar surface area (TPSA) is 49.9 Å². The van der Waals surface area contributed by atoms with Crippen molar-refractivity contribution in [3.63, 3.8) is 0 Å². The predicted molar refractivity (Wildman–Crippen MR) is 277 cm³/mol. The molecule has 8 heteroatoms.